The van der Waals surface area contributed by atoms with Gasteiger partial charge in [0.1, 0.15) is 12.4 Å². The van der Waals surface area contributed by atoms with E-state index in [1.165, 1.54) is 0 Å². The number of nitrogens with zero attached hydrogens (tertiary/aromatic N) is 2. The molecule has 124 valence electrons. The molecule has 3 aromatic rings. The van der Waals surface area contributed by atoms with Crippen LogP contribution < -0.4 is 5.32 Å². The number of fused-ring (bicyclic) bond motifs is 1. The Labute approximate surface area is 146 Å². The lowest BCUT2D eigenvalue weighted by Crippen LogP contribution is -2.20. The van der Waals surface area contributed by atoms with Crippen LogP contribution in [0.3, 0.4) is 0 Å². The van der Waals surface area contributed by atoms with Crippen LogP contribution in [0.4, 0.5) is 5.69 Å². The van der Waals surface area contributed by atoms with E-state index in [-0.39, 0.29) is 12.5 Å². The lowest BCUT2D eigenvalue weighted by Gasteiger charge is -2.12. The molecule has 0 unspecified atom stereocenters. The van der Waals surface area contributed by atoms with Crippen molar-refractivity contribution in [2.45, 2.75) is 26.1 Å². The predicted molar refractivity (Wildman–Crippen MR) is 101 cm³/mol. The van der Waals surface area contributed by atoms with Crippen LogP contribution in [0.5, 0.6) is 0 Å². The number of amides is 1. The third-order valence-electron chi connectivity index (χ3n) is 3.98. The summed E-state index contributed by atoms with van der Waals surface area (Å²) in [5, 5.41) is 3.03. The van der Waals surface area contributed by atoms with E-state index in [0.29, 0.717) is 0 Å². The number of carbonyl (C=O) groups is 1. The van der Waals surface area contributed by atoms with Gasteiger partial charge in [0.15, 0.2) is 0 Å². The van der Waals surface area contributed by atoms with Crippen LogP contribution in [0, 0.1) is 13.8 Å². The number of hydrogen-bond donors (Lipinski definition) is 1. The fourth-order valence-corrected chi connectivity index (χ4v) is 3.22. The smallest absolute Gasteiger partial charge is 0.244 e. The van der Waals surface area contributed by atoms with Crippen molar-refractivity contribution in [2.24, 2.45) is 0 Å². The fourth-order valence-electron chi connectivity index (χ4n) is 2.74. The number of hydrogen-bond acceptors (Lipinski definition) is 3. The molecule has 0 spiro atoms. The number of benzene rings is 2. The largest absolute Gasteiger partial charge is 0.324 e. The first-order valence-electron chi connectivity index (χ1n) is 7.88. The minimum atomic E-state index is -0.0331. The second-order valence-corrected chi connectivity index (χ2v) is 6.77. The molecule has 1 amide bonds. The van der Waals surface area contributed by atoms with Crippen LogP contribution in [0.25, 0.3) is 11.0 Å². The number of imidazole rings is 1. The van der Waals surface area contributed by atoms with Crippen LogP contribution in [0.2, 0.25) is 0 Å². The first-order valence-corrected chi connectivity index (χ1v) is 9.28. The standard InChI is InChI=1S/C19H21N3OS/c1-13-8-9-14(2)16(10-13)21-19(23)11-22-17-7-5-4-6-15(17)20-18(22)12-24-3/h4-10H,11-12H2,1-3H3,(H,21,23). The summed E-state index contributed by atoms with van der Waals surface area (Å²) in [6, 6.07) is 14.0. The van der Waals surface area contributed by atoms with Crippen molar-refractivity contribution in [3.05, 3.63) is 59.4 Å². The summed E-state index contributed by atoms with van der Waals surface area (Å²) in [7, 11) is 0. The number of aromatic nitrogens is 2. The Morgan fingerprint density at radius 3 is 2.79 bits per heavy atom. The third kappa shape index (κ3) is 3.46. The van der Waals surface area contributed by atoms with Gasteiger partial charge >= 0.3 is 0 Å². The van der Waals surface area contributed by atoms with Gasteiger partial charge in [0.25, 0.3) is 0 Å². The van der Waals surface area contributed by atoms with Gasteiger partial charge in [0, 0.05) is 5.69 Å². The van der Waals surface area contributed by atoms with Crippen molar-refractivity contribution in [3.8, 4) is 0 Å². The minimum Gasteiger partial charge on any atom is -0.324 e. The first kappa shape index (κ1) is 16.6. The van der Waals surface area contributed by atoms with Crippen LogP contribution in [-0.4, -0.2) is 21.7 Å². The molecule has 0 saturated carbocycles. The van der Waals surface area contributed by atoms with E-state index in [0.717, 1.165) is 39.4 Å². The lowest BCUT2D eigenvalue weighted by molar-refractivity contribution is -0.116. The SMILES string of the molecule is CSCc1nc2ccccc2n1CC(=O)Nc1cc(C)ccc1C. The molecule has 0 aliphatic rings. The van der Waals surface area contributed by atoms with Gasteiger partial charge in [0.05, 0.1) is 16.8 Å². The summed E-state index contributed by atoms with van der Waals surface area (Å²) < 4.78 is 2.01. The Morgan fingerprint density at radius 1 is 1.21 bits per heavy atom. The first-order chi connectivity index (χ1) is 11.6. The molecule has 4 nitrogen and oxygen atoms in total. The number of thioether (sulfide) groups is 1. The summed E-state index contributed by atoms with van der Waals surface area (Å²) >= 11 is 1.70. The third-order valence-corrected chi connectivity index (χ3v) is 4.52. The number of rotatable bonds is 5. The van der Waals surface area contributed by atoms with E-state index in [1.807, 2.05) is 67.1 Å². The average Bonchev–Trinajstić information content (AvgIpc) is 2.89. The molecule has 0 saturated heterocycles. The molecular weight excluding hydrogens is 318 g/mol. The topological polar surface area (TPSA) is 46.9 Å². The zero-order chi connectivity index (χ0) is 17.1. The van der Waals surface area contributed by atoms with Crippen LogP contribution in [0.15, 0.2) is 42.5 Å². The van der Waals surface area contributed by atoms with E-state index in [4.69, 9.17) is 0 Å². The Hall–Kier alpha value is -2.27. The quantitative estimate of drug-likeness (QED) is 0.759. The summed E-state index contributed by atoms with van der Waals surface area (Å²) in [6.45, 7) is 4.29. The fraction of sp³-hybridized carbons (Fsp3) is 0.263. The van der Waals surface area contributed by atoms with Gasteiger partial charge in [-0.1, -0.05) is 24.3 Å². The molecular formula is C19H21N3OS. The lowest BCUT2D eigenvalue weighted by atomic mass is 10.1. The zero-order valence-corrected chi connectivity index (χ0v) is 15.0. The maximum atomic E-state index is 12.6. The molecule has 0 radical (unpaired) electrons. The summed E-state index contributed by atoms with van der Waals surface area (Å²) in [6.07, 6.45) is 2.04. The minimum absolute atomic E-state index is 0.0331. The number of nitrogens with one attached hydrogen (secondary N) is 1. The van der Waals surface area contributed by atoms with Gasteiger partial charge in [-0.3, -0.25) is 4.79 Å². The number of para-hydroxylation sites is 2. The molecule has 24 heavy (non-hydrogen) atoms. The predicted octanol–water partition coefficient (Wildman–Crippen LogP) is 4.15. The van der Waals surface area contributed by atoms with Crippen LogP contribution in [0.1, 0.15) is 17.0 Å². The monoisotopic (exact) mass is 339 g/mol. The molecule has 1 N–H and O–H groups in total. The number of aryl methyl sites for hydroxylation is 2. The van der Waals surface area contributed by atoms with Crippen molar-refractivity contribution in [1.29, 1.82) is 0 Å². The molecule has 5 heteroatoms. The molecule has 0 atom stereocenters. The highest BCUT2D eigenvalue weighted by Gasteiger charge is 2.14. The van der Waals surface area contributed by atoms with Crippen molar-refractivity contribution < 1.29 is 4.79 Å². The van der Waals surface area contributed by atoms with Gasteiger partial charge in [0.2, 0.25) is 5.91 Å². The number of anilines is 1. The number of carbonyl (C=O) groups excluding carboxylic acids is 1. The van der Waals surface area contributed by atoms with Crippen molar-refractivity contribution in [1.82, 2.24) is 9.55 Å². The molecule has 0 aliphatic heterocycles. The Morgan fingerprint density at radius 2 is 2.00 bits per heavy atom. The second kappa shape index (κ2) is 7.09. The van der Waals surface area contributed by atoms with Crippen LogP contribution in [-0.2, 0) is 17.1 Å². The second-order valence-electron chi connectivity index (χ2n) is 5.90. The summed E-state index contributed by atoms with van der Waals surface area (Å²) in [4.78, 5) is 17.2. The normalized spacial score (nSPS) is 11.0. The molecule has 1 aromatic heterocycles. The highest BCUT2D eigenvalue weighted by molar-refractivity contribution is 7.97. The molecule has 2 aromatic carbocycles. The van der Waals surface area contributed by atoms with Gasteiger partial charge in [-0.15, -0.1) is 0 Å². The van der Waals surface area contributed by atoms with Gasteiger partial charge in [-0.2, -0.15) is 11.8 Å². The Bertz CT molecular complexity index is 885. The molecule has 0 bridgehead atoms. The van der Waals surface area contributed by atoms with E-state index in [2.05, 4.69) is 10.3 Å². The van der Waals surface area contributed by atoms with Gasteiger partial charge < -0.3 is 9.88 Å². The maximum absolute atomic E-state index is 12.6. The maximum Gasteiger partial charge on any atom is 0.244 e. The molecule has 0 aliphatic carbocycles. The molecule has 0 fully saturated rings. The Balaban J connectivity index is 1.87. The van der Waals surface area contributed by atoms with Crippen molar-refractivity contribution >= 4 is 34.4 Å². The van der Waals surface area contributed by atoms with Gasteiger partial charge in [-0.25, -0.2) is 4.98 Å². The highest BCUT2D eigenvalue weighted by atomic mass is 32.2. The highest BCUT2D eigenvalue weighted by Crippen LogP contribution is 2.20. The average molecular weight is 339 g/mol. The molecule has 1 heterocycles. The van der Waals surface area contributed by atoms with Crippen LogP contribution >= 0.6 is 11.8 Å². The van der Waals surface area contributed by atoms with E-state index in [9.17, 15) is 4.79 Å². The van der Waals surface area contributed by atoms with E-state index in [1.54, 1.807) is 11.8 Å². The summed E-state index contributed by atoms with van der Waals surface area (Å²) in [5.41, 5.74) is 5.00. The zero-order valence-electron chi connectivity index (χ0n) is 14.2. The van der Waals surface area contributed by atoms with Crippen molar-refractivity contribution in [3.63, 3.8) is 0 Å². The Kier molecular flexibility index (Phi) is 4.90. The van der Waals surface area contributed by atoms with Crippen molar-refractivity contribution in [2.75, 3.05) is 11.6 Å². The summed E-state index contributed by atoms with van der Waals surface area (Å²) in [5.74, 6) is 1.68. The van der Waals surface area contributed by atoms with Gasteiger partial charge in [-0.05, 0) is 49.4 Å². The van der Waals surface area contributed by atoms with E-state index < -0.39 is 0 Å². The molecule has 3 rings (SSSR count). The van der Waals surface area contributed by atoms with E-state index >= 15 is 0 Å².